The van der Waals surface area contributed by atoms with E-state index < -0.39 is 0 Å². The number of carbonyl (C=O) groups is 1. The fourth-order valence-corrected chi connectivity index (χ4v) is 3.99. The predicted octanol–water partition coefficient (Wildman–Crippen LogP) is 4.72. The lowest BCUT2D eigenvalue weighted by atomic mass is 10.2. The molecule has 0 bridgehead atoms. The van der Waals surface area contributed by atoms with E-state index >= 15 is 0 Å². The van der Waals surface area contributed by atoms with Crippen molar-refractivity contribution in [3.8, 4) is 23.1 Å². The molecule has 1 heterocycles. The summed E-state index contributed by atoms with van der Waals surface area (Å²) >= 11 is 1.23. The van der Waals surface area contributed by atoms with Gasteiger partial charge in [0.05, 0.1) is 11.8 Å². The summed E-state index contributed by atoms with van der Waals surface area (Å²) in [6.45, 7) is -0.0460. The molecular weight excluding hydrogens is 425 g/mol. The van der Waals surface area contributed by atoms with Gasteiger partial charge in [0.25, 0.3) is 0 Å². The van der Waals surface area contributed by atoms with Crippen molar-refractivity contribution in [1.29, 1.82) is 5.26 Å². The number of hydrogen-bond donors (Lipinski definition) is 0. The summed E-state index contributed by atoms with van der Waals surface area (Å²) < 4.78 is 15.2. The Labute approximate surface area is 188 Å². The van der Waals surface area contributed by atoms with Gasteiger partial charge in [0, 0.05) is 16.9 Å². The van der Waals surface area contributed by atoms with E-state index in [4.69, 9.17) is 5.26 Å². The van der Waals surface area contributed by atoms with Gasteiger partial charge in [-0.15, -0.1) is 10.2 Å². The van der Waals surface area contributed by atoms with E-state index in [0.29, 0.717) is 22.2 Å². The maximum Gasteiger partial charge on any atom is 0.238 e. The number of hydrogen-bond acceptors (Lipinski definition) is 5. The molecule has 8 heteroatoms. The molecule has 4 aromatic rings. The normalized spacial score (nSPS) is 10.5. The van der Waals surface area contributed by atoms with Crippen LogP contribution in [0.2, 0.25) is 0 Å². The lowest BCUT2D eigenvalue weighted by Crippen LogP contribution is -2.32. The highest BCUT2D eigenvalue weighted by Gasteiger charge is 2.20. The molecule has 0 spiro atoms. The number of carbonyl (C=O) groups excluding carboxylic acids is 1. The third-order valence-corrected chi connectivity index (χ3v) is 5.59. The van der Waals surface area contributed by atoms with Gasteiger partial charge in [-0.1, -0.05) is 48.2 Å². The quantitative estimate of drug-likeness (QED) is 0.305. The summed E-state index contributed by atoms with van der Waals surface area (Å²) in [6.07, 6.45) is 0. The number of rotatable bonds is 7. The van der Waals surface area contributed by atoms with Crippen molar-refractivity contribution < 1.29 is 9.18 Å². The Morgan fingerprint density at radius 2 is 1.62 bits per heavy atom. The Balaban J connectivity index is 1.63. The van der Waals surface area contributed by atoms with Crippen LogP contribution in [0.5, 0.6) is 0 Å². The van der Waals surface area contributed by atoms with Crippen LogP contribution in [0.3, 0.4) is 0 Å². The smallest absolute Gasteiger partial charge is 0.238 e. The molecule has 0 unspecified atom stereocenters. The van der Waals surface area contributed by atoms with Crippen molar-refractivity contribution in [1.82, 2.24) is 14.8 Å². The molecule has 0 saturated heterocycles. The minimum atomic E-state index is -0.335. The Bertz CT molecular complexity index is 1240. The van der Waals surface area contributed by atoms with E-state index in [9.17, 15) is 9.18 Å². The second kappa shape index (κ2) is 9.90. The lowest BCUT2D eigenvalue weighted by Gasteiger charge is -2.19. The van der Waals surface area contributed by atoms with Gasteiger partial charge in [0.1, 0.15) is 12.4 Å². The maximum absolute atomic E-state index is 13.4. The summed E-state index contributed by atoms with van der Waals surface area (Å²) in [5.74, 6) is 0.0697. The second-order valence-electron chi connectivity index (χ2n) is 6.75. The number of thioether (sulfide) groups is 1. The number of halogens is 1. The van der Waals surface area contributed by atoms with Crippen LogP contribution in [0, 0.1) is 17.1 Å². The van der Waals surface area contributed by atoms with E-state index in [1.165, 1.54) is 28.8 Å². The molecule has 0 aliphatic heterocycles. The highest BCUT2D eigenvalue weighted by atomic mass is 32.2. The third kappa shape index (κ3) is 4.68. The van der Waals surface area contributed by atoms with Crippen molar-refractivity contribution in [3.05, 3.63) is 90.7 Å². The number of benzene rings is 3. The number of anilines is 1. The molecule has 158 valence electrons. The van der Waals surface area contributed by atoms with Crippen LogP contribution in [0.15, 0.2) is 90.1 Å². The van der Waals surface area contributed by atoms with Gasteiger partial charge >= 0.3 is 0 Å². The first-order chi connectivity index (χ1) is 15.7. The Kier molecular flexibility index (Phi) is 6.58. The second-order valence-corrected chi connectivity index (χ2v) is 7.69. The Morgan fingerprint density at radius 3 is 2.28 bits per heavy atom. The van der Waals surface area contributed by atoms with Crippen LogP contribution in [-0.2, 0) is 4.79 Å². The first-order valence-electron chi connectivity index (χ1n) is 9.79. The highest BCUT2D eigenvalue weighted by Crippen LogP contribution is 2.28. The number of aromatic nitrogens is 3. The molecule has 0 atom stereocenters. The molecule has 0 aliphatic carbocycles. The first kappa shape index (κ1) is 21.3. The van der Waals surface area contributed by atoms with Crippen LogP contribution < -0.4 is 4.90 Å². The fraction of sp³-hybridized carbons (Fsp3) is 0.0833. The van der Waals surface area contributed by atoms with Crippen molar-refractivity contribution in [3.63, 3.8) is 0 Å². The molecule has 3 aromatic carbocycles. The van der Waals surface area contributed by atoms with Gasteiger partial charge in [0.15, 0.2) is 11.0 Å². The number of para-hydroxylation sites is 2. The van der Waals surface area contributed by atoms with Crippen LogP contribution in [0.25, 0.3) is 17.1 Å². The maximum atomic E-state index is 13.4. The van der Waals surface area contributed by atoms with E-state index in [0.717, 1.165) is 5.69 Å². The molecule has 0 aliphatic rings. The predicted molar refractivity (Wildman–Crippen MR) is 122 cm³/mol. The fourth-order valence-electron chi connectivity index (χ4n) is 3.17. The largest absolute Gasteiger partial charge is 0.298 e. The average Bonchev–Trinajstić information content (AvgIpc) is 3.26. The van der Waals surface area contributed by atoms with Gasteiger partial charge in [-0.2, -0.15) is 5.26 Å². The topological polar surface area (TPSA) is 74.8 Å². The van der Waals surface area contributed by atoms with E-state index in [2.05, 4.69) is 10.2 Å². The number of nitriles is 1. The van der Waals surface area contributed by atoms with Gasteiger partial charge < -0.3 is 0 Å². The van der Waals surface area contributed by atoms with Crippen molar-refractivity contribution in [2.45, 2.75) is 5.16 Å². The van der Waals surface area contributed by atoms with Crippen LogP contribution in [0.4, 0.5) is 10.1 Å². The van der Waals surface area contributed by atoms with E-state index in [-0.39, 0.29) is 24.0 Å². The molecule has 32 heavy (non-hydrogen) atoms. The molecule has 0 N–H and O–H groups in total. The lowest BCUT2D eigenvalue weighted by molar-refractivity contribution is -0.116. The minimum absolute atomic E-state index is 0.0460. The monoisotopic (exact) mass is 443 g/mol. The molecular formula is C24H18FN5OS. The van der Waals surface area contributed by atoms with Gasteiger partial charge in [-0.3, -0.25) is 14.3 Å². The third-order valence-electron chi connectivity index (χ3n) is 4.67. The van der Waals surface area contributed by atoms with Crippen LogP contribution in [-0.4, -0.2) is 33.0 Å². The van der Waals surface area contributed by atoms with Crippen LogP contribution >= 0.6 is 11.8 Å². The molecule has 4 rings (SSSR count). The Morgan fingerprint density at radius 1 is 0.969 bits per heavy atom. The van der Waals surface area contributed by atoms with Crippen LogP contribution in [0.1, 0.15) is 0 Å². The molecule has 0 fully saturated rings. The van der Waals surface area contributed by atoms with E-state index in [1.54, 1.807) is 24.3 Å². The summed E-state index contributed by atoms with van der Waals surface area (Å²) in [7, 11) is 0. The molecule has 0 radical (unpaired) electrons. The van der Waals surface area contributed by atoms with Gasteiger partial charge in [0.2, 0.25) is 5.91 Å². The summed E-state index contributed by atoms with van der Waals surface area (Å²) in [5, 5.41) is 18.3. The molecule has 1 aromatic heterocycles. The van der Waals surface area contributed by atoms with E-state index in [1.807, 2.05) is 59.2 Å². The summed E-state index contributed by atoms with van der Waals surface area (Å²) in [5.41, 5.74) is 2.19. The zero-order valence-electron chi connectivity index (χ0n) is 16.9. The molecule has 1 amide bonds. The average molecular weight is 444 g/mol. The first-order valence-corrected chi connectivity index (χ1v) is 10.8. The molecule has 6 nitrogen and oxygen atoms in total. The van der Waals surface area contributed by atoms with Gasteiger partial charge in [-0.05, 0) is 48.5 Å². The Hall–Kier alpha value is -3.96. The zero-order valence-corrected chi connectivity index (χ0v) is 17.7. The zero-order chi connectivity index (χ0) is 22.3. The van der Waals surface area contributed by atoms with Crippen molar-refractivity contribution in [2.75, 3.05) is 17.2 Å². The minimum Gasteiger partial charge on any atom is -0.298 e. The number of nitrogens with zero attached hydrogens (tertiary/aromatic N) is 5. The van der Waals surface area contributed by atoms with Gasteiger partial charge in [-0.25, -0.2) is 4.39 Å². The summed E-state index contributed by atoms with van der Waals surface area (Å²) in [4.78, 5) is 14.4. The molecule has 0 saturated carbocycles. The highest BCUT2D eigenvalue weighted by molar-refractivity contribution is 7.99. The van der Waals surface area contributed by atoms with Crippen molar-refractivity contribution in [2.24, 2.45) is 0 Å². The SMILES string of the molecule is N#CCN(C(=O)CSc1nnc(-c2ccc(F)cc2)n1-c1ccccc1)c1ccccc1. The van der Waals surface area contributed by atoms with Crippen molar-refractivity contribution >= 4 is 23.4 Å². The standard InChI is InChI=1S/C24H18FN5OS/c25-19-13-11-18(12-14-19)23-27-28-24(30(23)21-9-5-2-6-10-21)32-17-22(31)29(16-15-26)20-7-3-1-4-8-20/h1-14H,16-17H2. The summed E-state index contributed by atoms with van der Waals surface area (Å²) in [6, 6.07) is 26.7. The number of amides is 1.